The molecule has 2 amide bonds. The first-order valence-corrected chi connectivity index (χ1v) is 11.5. The second-order valence-corrected chi connectivity index (χ2v) is 8.88. The maximum Gasteiger partial charge on any atom is 0.261 e. The Labute approximate surface area is 197 Å². The van der Waals surface area contributed by atoms with Gasteiger partial charge in [-0.05, 0) is 37.3 Å². The van der Waals surface area contributed by atoms with E-state index in [9.17, 15) is 9.59 Å². The molecule has 32 heavy (non-hydrogen) atoms. The monoisotopic (exact) mass is 484 g/mol. The lowest BCUT2D eigenvalue weighted by Crippen LogP contribution is -2.12. The number of methoxy groups -OCH3 is 1. The summed E-state index contributed by atoms with van der Waals surface area (Å²) in [5.41, 5.74) is 2.26. The number of nitrogens with one attached hydrogen (secondary N) is 2. The van der Waals surface area contributed by atoms with Gasteiger partial charge in [-0.1, -0.05) is 41.1 Å². The molecule has 10 heteroatoms. The van der Waals surface area contributed by atoms with Crippen molar-refractivity contribution < 1.29 is 14.3 Å². The minimum atomic E-state index is -0.310. The maximum absolute atomic E-state index is 12.6. The number of hydrogen-bond donors (Lipinski definition) is 2. The molecule has 0 atom stereocenters. The first-order chi connectivity index (χ1) is 15.4. The highest BCUT2D eigenvalue weighted by Crippen LogP contribution is 2.35. The Morgan fingerprint density at radius 2 is 1.78 bits per heavy atom. The largest absolute Gasteiger partial charge is 0.496 e. The Bertz CT molecular complexity index is 1300. The van der Waals surface area contributed by atoms with Gasteiger partial charge in [-0.3, -0.25) is 20.2 Å². The van der Waals surface area contributed by atoms with Crippen LogP contribution in [0.2, 0.25) is 5.02 Å². The molecule has 4 rings (SSSR count). The number of rotatable bonds is 6. The molecule has 162 valence electrons. The Morgan fingerprint density at radius 1 is 1.00 bits per heavy atom. The van der Waals surface area contributed by atoms with Crippen molar-refractivity contribution in [1.82, 2.24) is 9.97 Å². The molecule has 0 fully saturated rings. The number of thiazole rings is 2. The van der Waals surface area contributed by atoms with Crippen LogP contribution in [0.3, 0.4) is 0 Å². The summed E-state index contributed by atoms with van der Waals surface area (Å²) in [7, 11) is 1.52. The van der Waals surface area contributed by atoms with Gasteiger partial charge in [0.05, 0.1) is 28.9 Å². The van der Waals surface area contributed by atoms with Gasteiger partial charge in [0.2, 0.25) is 0 Å². The zero-order valence-electron chi connectivity index (χ0n) is 17.0. The quantitative estimate of drug-likeness (QED) is 0.364. The number of aromatic nitrogens is 2. The van der Waals surface area contributed by atoms with Gasteiger partial charge in [-0.15, -0.1) is 11.3 Å². The Morgan fingerprint density at radius 3 is 2.56 bits per heavy atom. The summed E-state index contributed by atoms with van der Waals surface area (Å²) in [5, 5.41) is 8.82. The number of hydrogen-bond acceptors (Lipinski definition) is 7. The van der Waals surface area contributed by atoms with Crippen molar-refractivity contribution in [1.29, 1.82) is 0 Å². The van der Waals surface area contributed by atoms with Gasteiger partial charge in [0.15, 0.2) is 10.3 Å². The molecule has 0 aliphatic heterocycles. The van der Waals surface area contributed by atoms with Crippen LogP contribution in [0.1, 0.15) is 26.4 Å². The van der Waals surface area contributed by atoms with E-state index in [-0.39, 0.29) is 11.8 Å². The lowest BCUT2D eigenvalue weighted by molar-refractivity contribution is 0.101. The van der Waals surface area contributed by atoms with Crippen LogP contribution in [-0.4, -0.2) is 28.9 Å². The summed E-state index contributed by atoms with van der Waals surface area (Å²) >= 11 is 8.57. The Hall–Kier alpha value is -3.27. The van der Waals surface area contributed by atoms with E-state index in [1.165, 1.54) is 29.8 Å². The Kier molecular flexibility index (Phi) is 6.50. The van der Waals surface area contributed by atoms with Gasteiger partial charge >= 0.3 is 0 Å². The molecule has 0 saturated heterocycles. The number of para-hydroxylation sites is 1. The summed E-state index contributed by atoms with van der Waals surface area (Å²) < 4.78 is 5.25. The lowest BCUT2D eigenvalue weighted by atomic mass is 10.2. The third-order valence-electron chi connectivity index (χ3n) is 4.41. The topological polar surface area (TPSA) is 93.2 Å². The molecule has 0 saturated carbocycles. The second-order valence-electron chi connectivity index (χ2n) is 6.59. The van der Waals surface area contributed by atoms with Gasteiger partial charge in [0.1, 0.15) is 5.75 Å². The standard InChI is InChI=1S/C22H17ClN4O3S2/c1-12-18(32-22(24-12)27-20(29)15-8-3-4-9-17(15)30-2)16-11-31-21(25-16)26-19(28)13-6-5-7-14(23)10-13/h3-11H,1-2H3,(H,24,27,29)(H,25,26,28). The molecule has 0 radical (unpaired) electrons. The molecule has 0 aliphatic rings. The summed E-state index contributed by atoms with van der Waals surface area (Å²) in [6, 6.07) is 13.7. The smallest absolute Gasteiger partial charge is 0.261 e. The number of carbonyl (C=O) groups is 2. The van der Waals surface area contributed by atoms with E-state index in [0.717, 1.165) is 10.6 Å². The molecule has 2 aromatic heterocycles. The first-order valence-electron chi connectivity index (χ1n) is 9.39. The van der Waals surface area contributed by atoms with E-state index in [1.807, 2.05) is 12.3 Å². The van der Waals surface area contributed by atoms with Crippen LogP contribution in [0.5, 0.6) is 5.75 Å². The van der Waals surface area contributed by atoms with Crippen molar-refractivity contribution in [3.63, 3.8) is 0 Å². The predicted octanol–water partition coefficient (Wildman–Crippen LogP) is 5.74. The van der Waals surface area contributed by atoms with E-state index in [0.29, 0.717) is 37.9 Å². The Balaban J connectivity index is 1.49. The number of ether oxygens (including phenoxy) is 1. The summed E-state index contributed by atoms with van der Waals surface area (Å²) in [4.78, 5) is 34.8. The average Bonchev–Trinajstić information content (AvgIpc) is 3.39. The van der Waals surface area contributed by atoms with Crippen molar-refractivity contribution in [3.05, 3.63) is 75.8 Å². The van der Waals surface area contributed by atoms with E-state index in [2.05, 4.69) is 20.6 Å². The molecular weight excluding hydrogens is 468 g/mol. The van der Waals surface area contributed by atoms with E-state index in [4.69, 9.17) is 16.3 Å². The molecule has 2 heterocycles. The molecule has 0 aliphatic carbocycles. The molecule has 2 aromatic carbocycles. The third-order valence-corrected chi connectivity index (χ3v) is 6.50. The van der Waals surface area contributed by atoms with Crippen molar-refractivity contribution in [3.8, 4) is 16.3 Å². The molecule has 7 nitrogen and oxygen atoms in total. The summed E-state index contributed by atoms with van der Waals surface area (Å²) in [5.74, 6) is -0.118. The van der Waals surface area contributed by atoms with Crippen LogP contribution >= 0.6 is 34.3 Å². The van der Waals surface area contributed by atoms with Gasteiger partial charge < -0.3 is 4.74 Å². The number of amides is 2. The van der Waals surface area contributed by atoms with Crippen LogP contribution in [0.15, 0.2) is 53.9 Å². The molecule has 0 bridgehead atoms. The number of halogens is 1. The number of anilines is 2. The number of nitrogens with zero attached hydrogens (tertiary/aromatic N) is 2. The van der Waals surface area contributed by atoms with Crippen LogP contribution in [0.25, 0.3) is 10.6 Å². The number of aryl methyl sites for hydroxylation is 1. The summed E-state index contributed by atoms with van der Waals surface area (Å²) in [6.07, 6.45) is 0. The van der Waals surface area contributed by atoms with Gasteiger partial charge in [-0.2, -0.15) is 0 Å². The molecule has 4 aromatic rings. The van der Waals surface area contributed by atoms with Crippen LogP contribution < -0.4 is 15.4 Å². The third kappa shape index (κ3) is 4.80. The molecular formula is C22H17ClN4O3S2. The molecule has 0 unspecified atom stereocenters. The van der Waals surface area contributed by atoms with E-state index < -0.39 is 0 Å². The van der Waals surface area contributed by atoms with Crippen molar-refractivity contribution in [2.75, 3.05) is 17.7 Å². The van der Waals surface area contributed by atoms with Crippen molar-refractivity contribution in [2.45, 2.75) is 6.92 Å². The fourth-order valence-electron chi connectivity index (χ4n) is 2.92. The van der Waals surface area contributed by atoms with Gasteiger partial charge in [0.25, 0.3) is 11.8 Å². The first kappa shape index (κ1) is 21.9. The predicted molar refractivity (Wildman–Crippen MR) is 128 cm³/mol. The second kappa shape index (κ2) is 9.47. The SMILES string of the molecule is COc1ccccc1C(=O)Nc1nc(C)c(-c2csc(NC(=O)c3cccc(Cl)c3)n2)s1. The average molecular weight is 485 g/mol. The normalized spacial score (nSPS) is 10.6. The van der Waals surface area contributed by atoms with Crippen LogP contribution in [0.4, 0.5) is 10.3 Å². The summed E-state index contributed by atoms with van der Waals surface area (Å²) in [6.45, 7) is 1.84. The fourth-order valence-corrected chi connectivity index (χ4v) is 4.80. The van der Waals surface area contributed by atoms with E-state index in [1.54, 1.807) is 48.5 Å². The van der Waals surface area contributed by atoms with Crippen LogP contribution in [0, 0.1) is 6.92 Å². The highest BCUT2D eigenvalue weighted by Gasteiger charge is 2.18. The minimum Gasteiger partial charge on any atom is -0.496 e. The van der Waals surface area contributed by atoms with Gasteiger partial charge in [0, 0.05) is 16.0 Å². The fraction of sp³-hybridized carbons (Fsp3) is 0.0909. The zero-order valence-corrected chi connectivity index (χ0v) is 19.4. The lowest BCUT2D eigenvalue weighted by Gasteiger charge is -2.06. The highest BCUT2D eigenvalue weighted by atomic mass is 35.5. The van der Waals surface area contributed by atoms with Gasteiger partial charge in [-0.25, -0.2) is 9.97 Å². The van der Waals surface area contributed by atoms with Crippen molar-refractivity contribution in [2.24, 2.45) is 0 Å². The number of carbonyl (C=O) groups excluding carboxylic acids is 2. The van der Waals surface area contributed by atoms with Crippen LogP contribution in [-0.2, 0) is 0 Å². The molecule has 2 N–H and O–H groups in total. The zero-order chi connectivity index (χ0) is 22.7. The molecule has 0 spiro atoms. The number of benzene rings is 2. The van der Waals surface area contributed by atoms with Crippen molar-refractivity contribution >= 4 is 56.4 Å². The highest BCUT2D eigenvalue weighted by molar-refractivity contribution is 7.20. The van der Waals surface area contributed by atoms with E-state index >= 15 is 0 Å². The minimum absolute atomic E-state index is 0.292. The maximum atomic E-state index is 12.6.